The fourth-order valence-electron chi connectivity index (χ4n) is 1.82. The van der Waals surface area contributed by atoms with E-state index < -0.39 is 0 Å². The number of imidazole rings is 1. The molecular weight excluding hydrogens is 250 g/mol. The molecule has 18 heavy (non-hydrogen) atoms. The molecule has 0 spiro atoms. The van der Waals surface area contributed by atoms with Crippen LogP contribution in [0.1, 0.15) is 11.4 Å². The van der Waals surface area contributed by atoms with Crippen LogP contribution in [-0.2, 0) is 20.1 Å². The number of aromatic nitrogens is 2. The molecule has 1 heterocycles. The van der Waals surface area contributed by atoms with Crippen LogP contribution in [0.15, 0.2) is 30.6 Å². The molecule has 0 unspecified atom stereocenters. The summed E-state index contributed by atoms with van der Waals surface area (Å²) in [5, 5.41) is 10.4. The number of aryl methyl sites for hydroxylation is 1. The molecule has 1 N–H and O–H groups in total. The highest BCUT2D eigenvalue weighted by atomic mass is 35.5. The summed E-state index contributed by atoms with van der Waals surface area (Å²) in [7, 11) is 3.93. The van der Waals surface area contributed by atoms with E-state index in [9.17, 15) is 5.11 Å². The van der Waals surface area contributed by atoms with Crippen LogP contribution in [0.5, 0.6) is 5.75 Å². The van der Waals surface area contributed by atoms with Gasteiger partial charge in [0, 0.05) is 36.6 Å². The van der Waals surface area contributed by atoms with Crippen LogP contribution in [0.2, 0.25) is 5.02 Å². The summed E-state index contributed by atoms with van der Waals surface area (Å²) in [6, 6.07) is 5.17. The topological polar surface area (TPSA) is 41.3 Å². The summed E-state index contributed by atoms with van der Waals surface area (Å²) < 4.78 is 1.98. The fourth-order valence-corrected chi connectivity index (χ4v) is 2.05. The average Bonchev–Trinajstić information content (AvgIpc) is 2.70. The largest absolute Gasteiger partial charge is 0.508 e. The number of phenolic OH excluding ortho intramolecular Hbond substituents is 1. The first kappa shape index (κ1) is 12.9. The maximum atomic E-state index is 9.79. The third kappa shape index (κ3) is 2.83. The van der Waals surface area contributed by atoms with Gasteiger partial charge in [0.05, 0.1) is 6.54 Å². The minimum atomic E-state index is 0.231. The lowest BCUT2D eigenvalue weighted by atomic mass is 10.2. The predicted octanol–water partition coefficient (Wildman–Crippen LogP) is 2.41. The fraction of sp³-hybridized carbons (Fsp3) is 0.308. The number of rotatable bonds is 4. The Hall–Kier alpha value is -1.52. The van der Waals surface area contributed by atoms with Gasteiger partial charge in [-0.1, -0.05) is 17.7 Å². The third-order valence-corrected chi connectivity index (χ3v) is 3.21. The highest BCUT2D eigenvalue weighted by Gasteiger charge is 2.10. The number of phenols is 1. The van der Waals surface area contributed by atoms with E-state index in [1.807, 2.05) is 24.9 Å². The molecule has 5 heteroatoms. The van der Waals surface area contributed by atoms with Crippen molar-refractivity contribution in [2.75, 3.05) is 7.05 Å². The maximum absolute atomic E-state index is 9.79. The van der Waals surface area contributed by atoms with Crippen molar-refractivity contribution in [1.29, 1.82) is 0 Å². The van der Waals surface area contributed by atoms with Gasteiger partial charge in [-0.3, -0.25) is 4.90 Å². The second kappa shape index (κ2) is 5.42. The van der Waals surface area contributed by atoms with E-state index in [2.05, 4.69) is 9.88 Å². The minimum Gasteiger partial charge on any atom is -0.508 e. The normalized spacial score (nSPS) is 11.1. The Kier molecular flexibility index (Phi) is 3.89. The number of benzene rings is 1. The zero-order valence-corrected chi connectivity index (χ0v) is 11.2. The van der Waals surface area contributed by atoms with Crippen molar-refractivity contribution in [3.8, 4) is 5.75 Å². The first-order chi connectivity index (χ1) is 8.58. The molecule has 0 atom stereocenters. The summed E-state index contributed by atoms with van der Waals surface area (Å²) in [5.74, 6) is 1.21. The first-order valence-corrected chi connectivity index (χ1v) is 6.07. The second-order valence-electron chi connectivity index (χ2n) is 4.36. The number of halogens is 1. The molecule has 96 valence electrons. The van der Waals surface area contributed by atoms with E-state index >= 15 is 0 Å². The standard InChI is InChI=1S/C13H16ClN3O/c1-16(9-13-15-6-7-17(13)2)8-10-11(14)4-3-5-12(10)18/h3-7,18H,8-9H2,1-2H3. The number of nitrogens with zero attached hydrogens (tertiary/aromatic N) is 3. The molecule has 0 fully saturated rings. The van der Waals surface area contributed by atoms with Gasteiger partial charge < -0.3 is 9.67 Å². The highest BCUT2D eigenvalue weighted by molar-refractivity contribution is 6.31. The molecule has 0 bridgehead atoms. The van der Waals surface area contributed by atoms with Gasteiger partial charge in [0.1, 0.15) is 11.6 Å². The van der Waals surface area contributed by atoms with Gasteiger partial charge in [0.15, 0.2) is 0 Å². The quantitative estimate of drug-likeness (QED) is 0.923. The van der Waals surface area contributed by atoms with E-state index in [4.69, 9.17) is 11.6 Å². The molecule has 2 rings (SSSR count). The molecule has 0 radical (unpaired) electrons. The lowest BCUT2D eigenvalue weighted by Crippen LogP contribution is -2.19. The van der Waals surface area contributed by atoms with Gasteiger partial charge in [-0.05, 0) is 19.2 Å². The van der Waals surface area contributed by atoms with Crippen LogP contribution >= 0.6 is 11.6 Å². The molecule has 4 nitrogen and oxygen atoms in total. The first-order valence-electron chi connectivity index (χ1n) is 5.69. The zero-order chi connectivity index (χ0) is 13.1. The molecule has 2 aromatic rings. The lowest BCUT2D eigenvalue weighted by molar-refractivity contribution is 0.301. The maximum Gasteiger partial charge on any atom is 0.122 e. The van der Waals surface area contributed by atoms with E-state index in [0.29, 0.717) is 18.1 Å². The molecule has 0 aliphatic heterocycles. The Morgan fingerprint density at radius 3 is 2.78 bits per heavy atom. The van der Waals surface area contributed by atoms with E-state index in [1.54, 1.807) is 24.4 Å². The second-order valence-corrected chi connectivity index (χ2v) is 4.77. The summed E-state index contributed by atoms with van der Waals surface area (Å²) in [4.78, 5) is 6.33. The molecule has 1 aromatic carbocycles. The Balaban J connectivity index is 2.08. The average molecular weight is 266 g/mol. The number of hydrogen-bond donors (Lipinski definition) is 1. The van der Waals surface area contributed by atoms with Crippen LogP contribution in [0.4, 0.5) is 0 Å². The molecule has 0 aliphatic rings. The molecule has 1 aromatic heterocycles. The van der Waals surface area contributed by atoms with Crippen molar-refractivity contribution in [3.05, 3.63) is 47.0 Å². The monoisotopic (exact) mass is 265 g/mol. The van der Waals surface area contributed by atoms with Gasteiger partial charge in [-0.15, -0.1) is 0 Å². The van der Waals surface area contributed by atoms with E-state index in [1.165, 1.54) is 0 Å². The Bertz CT molecular complexity index is 519. The predicted molar refractivity (Wildman–Crippen MR) is 71.5 cm³/mol. The Morgan fingerprint density at radius 2 is 2.17 bits per heavy atom. The van der Waals surface area contributed by atoms with Crippen LogP contribution in [0.25, 0.3) is 0 Å². The van der Waals surface area contributed by atoms with Gasteiger partial charge in [0.2, 0.25) is 0 Å². The van der Waals surface area contributed by atoms with Crippen LogP contribution in [0.3, 0.4) is 0 Å². The molecule has 0 saturated carbocycles. The third-order valence-electron chi connectivity index (χ3n) is 2.85. The van der Waals surface area contributed by atoms with Crippen molar-refractivity contribution in [2.45, 2.75) is 13.1 Å². The molecule has 0 aliphatic carbocycles. The lowest BCUT2D eigenvalue weighted by Gasteiger charge is -2.17. The van der Waals surface area contributed by atoms with Gasteiger partial charge >= 0.3 is 0 Å². The number of aromatic hydroxyl groups is 1. The Morgan fingerprint density at radius 1 is 1.39 bits per heavy atom. The van der Waals surface area contributed by atoms with Gasteiger partial charge in [-0.2, -0.15) is 0 Å². The Labute approximate surface area is 111 Å². The van der Waals surface area contributed by atoms with E-state index in [0.717, 1.165) is 11.4 Å². The van der Waals surface area contributed by atoms with E-state index in [-0.39, 0.29) is 5.75 Å². The van der Waals surface area contributed by atoms with Crippen LogP contribution < -0.4 is 0 Å². The summed E-state index contributed by atoms with van der Waals surface area (Å²) >= 11 is 6.08. The van der Waals surface area contributed by atoms with Gasteiger partial charge in [-0.25, -0.2) is 4.98 Å². The summed E-state index contributed by atoms with van der Waals surface area (Å²) in [6.45, 7) is 1.28. The van der Waals surface area contributed by atoms with Gasteiger partial charge in [0.25, 0.3) is 0 Å². The smallest absolute Gasteiger partial charge is 0.122 e. The molecule has 0 saturated heterocycles. The van der Waals surface area contributed by atoms with Crippen LogP contribution in [0, 0.1) is 0 Å². The van der Waals surface area contributed by atoms with Crippen molar-refractivity contribution in [2.24, 2.45) is 7.05 Å². The number of hydrogen-bond acceptors (Lipinski definition) is 3. The zero-order valence-electron chi connectivity index (χ0n) is 10.5. The summed E-state index contributed by atoms with van der Waals surface area (Å²) in [5.41, 5.74) is 0.746. The summed E-state index contributed by atoms with van der Waals surface area (Å²) in [6.07, 6.45) is 3.69. The van der Waals surface area contributed by atoms with Crippen molar-refractivity contribution < 1.29 is 5.11 Å². The highest BCUT2D eigenvalue weighted by Crippen LogP contribution is 2.26. The molecular formula is C13H16ClN3O. The van der Waals surface area contributed by atoms with Crippen molar-refractivity contribution in [1.82, 2.24) is 14.5 Å². The minimum absolute atomic E-state index is 0.231. The molecule has 0 amide bonds. The van der Waals surface area contributed by atoms with Crippen molar-refractivity contribution in [3.63, 3.8) is 0 Å². The van der Waals surface area contributed by atoms with Crippen molar-refractivity contribution >= 4 is 11.6 Å². The SMILES string of the molecule is CN(Cc1c(O)cccc1Cl)Cc1nccn1C. The van der Waals surface area contributed by atoms with Crippen LogP contribution in [-0.4, -0.2) is 26.6 Å².